The second-order valence-electron chi connectivity index (χ2n) is 2.69. The number of fused-ring (bicyclic) bond motifs is 1. The van der Waals surface area contributed by atoms with Gasteiger partial charge in [-0.25, -0.2) is 9.67 Å². The lowest BCUT2D eigenvalue weighted by Crippen LogP contribution is -2.30. The molecule has 1 aliphatic heterocycles. The molecule has 1 aromatic heterocycles. The lowest BCUT2D eigenvalue weighted by Gasteiger charge is -2.23. The highest BCUT2D eigenvalue weighted by atomic mass is 15.4. The summed E-state index contributed by atoms with van der Waals surface area (Å²) in [6, 6.07) is 1.91. The zero-order valence-corrected chi connectivity index (χ0v) is 6.65. The molecule has 0 aliphatic carbocycles. The van der Waals surface area contributed by atoms with Gasteiger partial charge in [0.1, 0.15) is 12.5 Å². The Kier molecular flexibility index (Phi) is 1.21. The smallest absolute Gasteiger partial charge is 0.154 e. The molecule has 1 aromatic rings. The van der Waals surface area contributed by atoms with Crippen molar-refractivity contribution >= 4 is 11.7 Å². The summed E-state index contributed by atoms with van der Waals surface area (Å²) >= 11 is 0. The standard InChI is InChI=1S/C7H10N4/c1-6-9-7-3-4-8-11(7)5-10(6)2/h3-4H,5H2,1-2H3. The van der Waals surface area contributed by atoms with Crippen LogP contribution in [0.15, 0.2) is 17.3 Å². The Labute approximate surface area is 65.1 Å². The van der Waals surface area contributed by atoms with Crippen molar-refractivity contribution in [2.24, 2.45) is 4.99 Å². The summed E-state index contributed by atoms with van der Waals surface area (Å²) in [6.07, 6.45) is 1.77. The fraction of sp³-hybridized carbons (Fsp3) is 0.429. The SMILES string of the molecule is CC1=Nc2ccnn2CN1C. The molecule has 0 fully saturated rings. The van der Waals surface area contributed by atoms with Crippen molar-refractivity contribution < 1.29 is 0 Å². The van der Waals surface area contributed by atoms with Crippen LogP contribution < -0.4 is 0 Å². The van der Waals surface area contributed by atoms with Gasteiger partial charge in [0.25, 0.3) is 0 Å². The van der Waals surface area contributed by atoms with Gasteiger partial charge in [0, 0.05) is 13.1 Å². The van der Waals surface area contributed by atoms with E-state index >= 15 is 0 Å². The molecule has 58 valence electrons. The molecular formula is C7H10N4. The summed E-state index contributed by atoms with van der Waals surface area (Å²) in [7, 11) is 2.00. The van der Waals surface area contributed by atoms with Crippen molar-refractivity contribution in [3.63, 3.8) is 0 Å². The molecule has 1 aliphatic rings. The van der Waals surface area contributed by atoms with Gasteiger partial charge in [-0.3, -0.25) is 0 Å². The van der Waals surface area contributed by atoms with Crippen LogP contribution in [-0.4, -0.2) is 27.6 Å². The van der Waals surface area contributed by atoms with Crippen LogP contribution in [0, 0.1) is 0 Å². The highest BCUT2D eigenvalue weighted by molar-refractivity contribution is 5.82. The Morgan fingerprint density at radius 1 is 1.55 bits per heavy atom. The third kappa shape index (κ3) is 0.906. The molecule has 4 nitrogen and oxygen atoms in total. The van der Waals surface area contributed by atoms with Crippen LogP contribution in [0.4, 0.5) is 5.82 Å². The highest BCUT2D eigenvalue weighted by Gasteiger charge is 2.11. The summed E-state index contributed by atoms with van der Waals surface area (Å²) < 4.78 is 1.87. The predicted octanol–water partition coefficient (Wildman–Crippen LogP) is 0.836. The van der Waals surface area contributed by atoms with Gasteiger partial charge < -0.3 is 4.90 Å². The van der Waals surface area contributed by atoms with E-state index < -0.39 is 0 Å². The van der Waals surface area contributed by atoms with Gasteiger partial charge in [-0.2, -0.15) is 5.10 Å². The molecule has 0 amide bonds. The molecule has 0 radical (unpaired) electrons. The third-order valence-electron chi connectivity index (χ3n) is 1.87. The van der Waals surface area contributed by atoms with Crippen LogP contribution in [0.2, 0.25) is 0 Å². The van der Waals surface area contributed by atoms with Crippen molar-refractivity contribution in [1.82, 2.24) is 14.7 Å². The number of nitrogens with zero attached hydrogens (tertiary/aromatic N) is 4. The molecule has 0 atom stereocenters. The fourth-order valence-electron chi connectivity index (χ4n) is 1.08. The Morgan fingerprint density at radius 2 is 2.36 bits per heavy atom. The first-order chi connectivity index (χ1) is 5.27. The van der Waals surface area contributed by atoms with Gasteiger partial charge in [-0.1, -0.05) is 0 Å². The molecule has 0 saturated heterocycles. The third-order valence-corrected chi connectivity index (χ3v) is 1.87. The zero-order valence-electron chi connectivity index (χ0n) is 6.65. The number of rotatable bonds is 0. The van der Waals surface area contributed by atoms with Crippen molar-refractivity contribution in [2.75, 3.05) is 7.05 Å². The minimum Gasteiger partial charge on any atom is -0.344 e. The summed E-state index contributed by atoms with van der Waals surface area (Å²) in [5.41, 5.74) is 0. The van der Waals surface area contributed by atoms with E-state index in [1.165, 1.54) is 0 Å². The van der Waals surface area contributed by atoms with Crippen molar-refractivity contribution in [3.05, 3.63) is 12.3 Å². The van der Waals surface area contributed by atoms with Crippen LogP contribution in [-0.2, 0) is 6.67 Å². The number of hydrogen-bond acceptors (Lipinski definition) is 3. The lowest BCUT2D eigenvalue weighted by atomic mass is 10.5. The molecule has 0 spiro atoms. The average Bonchev–Trinajstić information content (AvgIpc) is 2.36. The maximum absolute atomic E-state index is 4.33. The van der Waals surface area contributed by atoms with E-state index in [-0.39, 0.29) is 0 Å². The largest absolute Gasteiger partial charge is 0.344 e. The predicted molar refractivity (Wildman–Crippen MR) is 42.8 cm³/mol. The Hall–Kier alpha value is -1.32. The van der Waals surface area contributed by atoms with E-state index in [1.54, 1.807) is 6.20 Å². The molecule has 2 heterocycles. The number of hydrogen-bond donors (Lipinski definition) is 0. The van der Waals surface area contributed by atoms with Gasteiger partial charge in [0.15, 0.2) is 5.82 Å². The molecule has 0 saturated carbocycles. The molecule has 11 heavy (non-hydrogen) atoms. The van der Waals surface area contributed by atoms with E-state index in [4.69, 9.17) is 0 Å². The van der Waals surface area contributed by atoms with Crippen molar-refractivity contribution in [2.45, 2.75) is 13.6 Å². The first kappa shape index (κ1) is 6.39. The van der Waals surface area contributed by atoms with Gasteiger partial charge in [0.05, 0.1) is 6.20 Å². The average molecular weight is 150 g/mol. The van der Waals surface area contributed by atoms with Gasteiger partial charge >= 0.3 is 0 Å². The number of aromatic nitrogens is 2. The van der Waals surface area contributed by atoms with Gasteiger partial charge in [0.2, 0.25) is 0 Å². The molecular weight excluding hydrogens is 140 g/mol. The maximum Gasteiger partial charge on any atom is 0.154 e. The highest BCUT2D eigenvalue weighted by Crippen LogP contribution is 2.16. The van der Waals surface area contributed by atoms with E-state index in [0.29, 0.717) is 0 Å². The van der Waals surface area contributed by atoms with Gasteiger partial charge in [-0.05, 0) is 6.92 Å². The van der Waals surface area contributed by atoms with Crippen LogP contribution in [0.25, 0.3) is 0 Å². The second kappa shape index (κ2) is 2.08. The first-order valence-electron chi connectivity index (χ1n) is 3.55. The molecule has 0 aromatic carbocycles. The van der Waals surface area contributed by atoms with Crippen molar-refractivity contribution in [3.8, 4) is 0 Å². The first-order valence-corrected chi connectivity index (χ1v) is 3.55. The van der Waals surface area contributed by atoms with Crippen molar-refractivity contribution in [1.29, 1.82) is 0 Å². The molecule has 0 N–H and O–H groups in total. The van der Waals surface area contributed by atoms with Crippen LogP contribution in [0.1, 0.15) is 6.92 Å². The Bertz CT molecular complexity index is 299. The van der Waals surface area contributed by atoms with Crippen LogP contribution in [0.3, 0.4) is 0 Å². The summed E-state index contributed by atoms with van der Waals surface area (Å²) in [5, 5.41) is 4.11. The number of amidine groups is 1. The number of aliphatic imine (C=N–C) groups is 1. The Balaban J connectivity index is 2.47. The van der Waals surface area contributed by atoms with E-state index in [9.17, 15) is 0 Å². The second-order valence-corrected chi connectivity index (χ2v) is 2.69. The zero-order chi connectivity index (χ0) is 7.84. The molecule has 4 heteroatoms. The quantitative estimate of drug-likeness (QED) is 0.549. The minimum absolute atomic E-state index is 0.803. The lowest BCUT2D eigenvalue weighted by molar-refractivity contribution is 0.365. The van der Waals surface area contributed by atoms with Crippen LogP contribution >= 0.6 is 0 Å². The summed E-state index contributed by atoms with van der Waals surface area (Å²) in [4.78, 5) is 6.39. The monoisotopic (exact) mass is 150 g/mol. The van der Waals surface area contributed by atoms with Crippen LogP contribution in [0.5, 0.6) is 0 Å². The summed E-state index contributed by atoms with van der Waals surface area (Å²) in [5.74, 6) is 1.98. The van der Waals surface area contributed by atoms with E-state index in [2.05, 4.69) is 15.0 Å². The van der Waals surface area contributed by atoms with E-state index in [1.807, 2.05) is 24.7 Å². The topological polar surface area (TPSA) is 33.4 Å². The molecule has 0 bridgehead atoms. The molecule has 2 rings (SSSR count). The van der Waals surface area contributed by atoms with E-state index in [0.717, 1.165) is 18.3 Å². The minimum atomic E-state index is 0.803. The molecule has 0 unspecified atom stereocenters. The Morgan fingerprint density at radius 3 is 3.18 bits per heavy atom. The maximum atomic E-state index is 4.33. The fourth-order valence-corrected chi connectivity index (χ4v) is 1.08. The normalized spacial score (nSPS) is 16.2. The summed E-state index contributed by atoms with van der Waals surface area (Å²) in [6.45, 7) is 2.80. The van der Waals surface area contributed by atoms with Gasteiger partial charge in [-0.15, -0.1) is 0 Å².